The molecule has 3 heterocycles. The fourth-order valence-corrected chi connectivity index (χ4v) is 1.98. The number of aromatic nitrogens is 4. The van der Waals surface area contributed by atoms with Crippen molar-refractivity contribution >= 4 is 11.7 Å². The molecule has 0 atom stereocenters. The monoisotopic (exact) mass is 312 g/mol. The Balaban J connectivity index is 1.45. The molecular formula is C15H16N6O2. The first-order chi connectivity index (χ1) is 11.2. The number of nitrogens with one attached hydrogen (secondary N) is 2. The zero-order chi connectivity index (χ0) is 16.1. The second-order valence-electron chi connectivity index (χ2n) is 4.87. The minimum atomic E-state index is -0.266. The van der Waals surface area contributed by atoms with Crippen molar-refractivity contribution < 1.29 is 9.32 Å². The number of carbonyl (C=O) groups excluding carboxylic acids is 1. The highest BCUT2D eigenvalue weighted by Crippen LogP contribution is 2.06. The van der Waals surface area contributed by atoms with Gasteiger partial charge in [-0.1, -0.05) is 5.16 Å². The number of anilines is 1. The molecule has 0 saturated carbocycles. The maximum Gasteiger partial charge on any atom is 0.273 e. The van der Waals surface area contributed by atoms with Crippen molar-refractivity contribution in [2.24, 2.45) is 0 Å². The molecule has 0 spiro atoms. The highest BCUT2D eigenvalue weighted by molar-refractivity contribution is 5.92. The van der Waals surface area contributed by atoms with Crippen molar-refractivity contribution in [3.63, 3.8) is 0 Å². The summed E-state index contributed by atoms with van der Waals surface area (Å²) < 4.78 is 6.73. The second kappa shape index (κ2) is 6.73. The van der Waals surface area contributed by atoms with Gasteiger partial charge in [-0.2, -0.15) is 0 Å². The predicted molar refractivity (Wildman–Crippen MR) is 83.4 cm³/mol. The zero-order valence-corrected chi connectivity index (χ0v) is 12.6. The van der Waals surface area contributed by atoms with Crippen LogP contribution < -0.4 is 10.6 Å². The van der Waals surface area contributed by atoms with Crippen molar-refractivity contribution in [1.29, 1.82) is 0 Å². The van der Waals surface area contributed by atoms with Crippen LogP contribution in [0.2, 0.25) is 0 Å². The average molecular weight is 312 g/mol. The van der Waals surface area contributed by atoms with Crippen molar-refractivity contribution in [2.75, 3.05) is 18.4 Å². The van der Waals surface area contributed by atoms with Crippen molar-refractivity contribution in [2.45, 2.75) is 6.92 Å². The molecule has 0 bridgehead atoms. The van der Waals surface area contributed by atoms with E-state index >= 15 is 0 Å². The molecule has 8 nitrogen and oxygen atoms in total. The SMILES string of the molecule is Cc1cc(C(=O)NCCNc2ccc(-n3cccc3)nn2)no1. The van der Waals surface area contributed by atoms with Crippen molar-refractivity contribution in [1.82, 2.24) is 25.2 Å². The van der Waals surface area contributed by atoms with Crippen LogP contribution in [0.4, 0.5) is 5.82 Å². The quantitative estimate of drug-likeness (QED) is 0.668. The van der Waals surface area contributed by atoms with Crippen LogP contribution in [0.15, 0.2) is 47.2 Å². The summed E-state index contributed by atoms with van der Waals surface area (Å²) in [7, 11) is 0. The molecule has 3 aromatic rings. The molecule has 8 heteroatoms. The average Bonchev–Trinajstić information content (AvgIpc) is 3.23. The Kier molecular flexibility index (Phi) is 4.32. The standard InChI is InChI=1S/C15H16N6O2/c1-11-10-12(20-23-11)15(22)17-7-6-16-13-4-5-14(19-18-13)21-8-2-3-9-21/h2-5,8-10H,6-7H2,1H3,(H,16,18)(H,17,22). The second-order valence-corrected chi connectivity index (χ2v) is 4.87. The molecule has 0 aliphatic rings. The highest BCUT2D eigenvalue weighted by Gasteiger charge is 2.09. The van der Waals surface area contributed by atoms with Crippen LogP contribution in [-0.4, -0.2) is 38.9 Å². The van der Waals surface area contributed by atoms with Gasteiger partial charge in [0.25, 0.3) is 5.91 Å². The van der Waals surface area contributed by atoms with Gasteiger partial charge in [0.2, 0.25) is 0 Å². The zero-order valence-electron chi connectivity index (χ0n) is 12.6. The molecule has 0 aromatic carbocycles. The van der Waals surface area contributed by atoms with Gasteiger partial charge in [0.05, 0.1) is 0 Å². The summed E-state index contributed by atoms with van der Waals surface area (Å²) in [5.74, 6) is 1.73. The summed E-state index contributed by atoms with van der Waals surface area (Å²) >= 11 is 0. The number of rotatable bonds is 6. The largest absolute Gasteiger partial charge is 0.367 e. The smallest absolute Gasteiger partial charge is 0.273 e. The molecule has 3 aromatic heterocycles. The molecule has 3 rings (SSSR count). The Morgan fingerprint density at radius 2 is 2.04 bits per heavy atom. The summed E-state index contributed by atoms with van der Waals surface area (Å²) in [6, 6.07) is 9.14. The first-order valence-electron chi connectivity index (χ1n) is 7.15. The fourth-order valence-electron chi connectivity index (χ4n) is 1.98. The van der Waals surface area contributed by atoms with E-state index in [0.717, 1.165) is 5.82 Å². The third-order valence-corrected chi connectivity index (χ3v) is 3.10. The van der Waals surface area contributed by atoms with E-state index in [-0.39, 0.29) is 11.6 Å². The summed E-state index contributed by atoms with van der Waals surface area (Å²) in [5, 5.41) is 17.7. The third kappa shape index (κ3) is 3.73. The van der Waals surface area contributed by atoms with Crippen LogP contribution in [0, 0.1) is 6.92 Å². The summed E-state index contributed by atoms with van der Waals surface area (Å²) in [6.45, 7) is 2.70. The van der Waals surface area contributed by atoms with Gasteiger partial charge in [0.1, 0.15) is 11.6 Å². The van der Waals surface area contributed by atoms with E-state index in [4.69, 9.17) is 4.52 Å². The lowest BCUT2D eigenvalue weighted by atomic mass is 10.3. The van der Waals surface area contributed by atoms with Gasteiger partial charge in [-0.25, -0.2) is 0 Å². The number of nitrogens with zero attached hydrogens (tertiary/aromatic N) is 4. The molecule has 0 aliphatic heterocycles. The van der Waals surface area contributed by atoms with Gasteiger partial charge < -0.3 is 19.7 Å². The maximum atomic E-state index is 11.8. The number of amides is 1. The van der Waals surface area contributed by atoms with E-state index in [1.54, 1.807) is 13.0 Å². The van der Waals surface area contributed by atoms with E-state index in [1.165, 1.54) is 0 Å². The summed E-state index contributed by atoms with van der Waals surface area (Å²) in [4.78, 5) is 11.8. The molecule has 0 radical (unpaired) electrons. The van der Waals surface area contributed by atoms with Crippen LogP contribution in [0.5, 0.6) is 0 Å². The minimum absolute atomic E-state index is 0.266. The van der Waals surface area contributed by atoms with E-state index in [2.05, 4.69) is 26.0 Å². The van der Waals surface area contributed by atoms with Crippen LogP contribution in [0.1, 0.15) is 16.2 Å². The van der Waals surface area contributed by atoms with Crippen molar-refractivity contribution in [3.05, 3.63) is 54.2 Å². The number of hydrogen-bond donors (Lipinski definition) is 2. The van der Waals surface area contributed by atoms with Crippen LogP contribution >= 0.6 is 0 Å². The first kappa shape index (κ1) is 14.8. The molecule has 0 aliphatic carbocycles. The number of carbonyl (C=O) groups is 1. The van der Waals surface area contributed by atoms with E-state index in [0.29, 0.717) is 24.7 Å². The van der Waals surface area contributed by atoms with Crippen LogP contribution in [0.25, 0.3) is 5.82 Å². The lowest BCUT2D eigenvalue weighted by Gasteiger charge is -2.06. The van der Waals surface area contributed by atoms with Crippen LogP contribution in [0.3, 0.4) is 0 Å². The van der Waals surface area contributed by atoms with E-state index in [9.17, 15) is 4.79 Å². The summed E-state index contributed by atoms with van der Waals surface area (Å²) in [5.41, 5.74) is 0.276. The normalized spacial score (nSPS) is 10.5. The molecule has 118 valence electrons. The Bertz CT molecular complexity index is 764. The van der Waals surface area contributed by atoms with Gasteiger partial charge in [0, 0.05) is 31.5 Å². The molecule has 2 N–H and O–H groups in total. The molecule has 23 heavy (non-hydrogen) atoms. The van der Waals surface area contributed by atoms with Gasteiger partial charge in [0.15, 0.2) is 11.5 Å². The van der Waals surface area contributed by atoms with Crippen LogP contribution in [-0.2, 0) is 0 Å². The Morgan fingerprint density at radius 3 is 2.70 bits per heavy atom. The number of aryl methyl sites for hydroxylation is 1. The van der Waals surface area contributed by atoms with Gasteiger partial charge in [-0.3, -0.25) is 4.79 Å². The lowest BCUT2D eigenvalue weighted by Crippen LogP contribution is -2.29. The van der Waals surface area contributed by atoms with Gasteiger partial charge in [-0.05, 0) is 31.2 Å². The maximum absolute atomic E-state index is 11.8. The molecule has 0 saturated heterocycles. The Morgan fingerprint density at radius 1 is 1.22 bits per heavy atom. The number of hydrogen-bond acceptors (Lipinski definition) is 6. The topological polar surface area (TPSA) is 97.9 Å². The Hall–Kier alpha value is -3.16. The molecule has 1 amide bonds. The molecule has 0 fully saturated rings. The molecular weight excluding hydrogens is 296 g/mol. The Labute approximate surface area is 132 Å². The predicted octanol–water partition coefficient (Wildman–Crippen LogP) is 1.41. The van der Waals surface area contributed by atoms with E-state index < -0.39 is 0 Å². The van der Waals surface area contributed by atoms with Gasteiger partial charge >= 0.3 is 0 Å². The highest BCUT2D eigenvalue weighted by atomic mass is 16.5. The lowest BCUT2D eigenvalue weighted by molar-refractivity contribution is 0.0946. The molecule has 0 unspecified atom stereocenters. The van der Waals surface area contributed by atoms with E-state index in [1.807, 2.05) is 41.2 Å². The minimum Gasteiger partial charge on any atom is -0.367 e. The summed E-state index contributed by atoms with van der Waals surface area (Å²) in [6.07, 6.45) is 3.80. The first-order valence-corrected chi connectivity index (χ1v) is 7.15. The van der Waals surface area contributed by atoms with Crippen molar-refractivity contribution in [3.8, 4) is 5.82 Å². The third-order valence-electron chi connectivity index (χ3n) is 3.10. The van der Waals surface area contributed by atoms with Gasteiger partial charge in [-0.15, -0.1) is 10.2 Å². The fraction of sp³-hybridized carbons (Fsp3) is 0.200.